The van der Waals surface area contributed by atoms with Gasteiger partial charge in [0.15, 0.2) is 0 Å². The van der Waals surface area contributed by atoms with Crippen molar-refractivity contribution in [2.24, 2.45) is 0 Å². The van der Waals surface area contributed by atoms with Crippen molar-refractivity contribution in [3.05, 3.63) is 65.7 Å². The lowest BCUT2D eigenvalue weighted by Gasteiger charge is -2.04. The van der Waals surface area contributed by atoms with Gasteiger partial charge in [0, 0.05) is 0 Å². The molecule has 0 unspecified atom stereocenters. The molecular weight excluding hydrogens is 356 g/mol. The molecule has 0 spiro atoms. The number of esters is 2. The maximum atomic E-state index is 11.6. The van der Waals surface area contributed by atoms with E-state index in [0.29, 0.717) is 0 Å². The first-order valence-electron chi connectivity index (χ1n) is 9.52. The van der Waals surface area contributed by atoms with Crippen LogP contribution in [0.3, 0.4) is 0 Å². The Kier molecular flexibility index (Phi) is 14.9. The molecule has 0 amide bonds. The Morgan fingerprint density at radius 3 is 1.64 bits per heavy atom. The summed E-state index contributed by atoms with van der Waals surface area (Å²) in [5, 5.41) is 15.7. The SMILES string of the molecule is CCNCC.CCNCC.O=C(OC(=O)c1ccccc1O)c1ccccc1. The zero-order chi connectivity index (χ0) is 21.2. The van der Waals surface area contributed by atoms with E-state index >= 15 is 0 Å². The maximum absolute atomic E-state index is 11.6. The predicted molar refractivity (Wildman–Crippen MR) is 113 cm³/mol. The largest absolute Gasteiger partial charge is 0.507 e. The molecule has 2 aromatic carbocycles. The second kappa shape index (κ2) is 16.5. The first kappa shape index (κ1) is 25.3. The van der Waals surface area contributed by atoms with E-state index in [1.165, 1.54) is 12.1 Å². The molecule has 3 N–H and O–H groups in total. The minimum absolute atomic E-state index is 0.0400. The highest BCUT2D eigenvalue weighted by molar-refractivity contribution is 6.03. The highest BCUT2D eigenvalue weighted by Crippen LogP contribution is 2.17. The van der Waals surface area contributed by atoms with Gasteiger partial charge in [0.2, 0.25) is 0 Å². The molecule has 154 valence electrons. The molecule has 0 aromatic heterocycles. The van der Waals surface area contributed by atoms with Gasteiger partial charge in [-0.2, -0.15) is 0 Å². The van der Waals surface area contributed by atoms with E-state index in [1.807, 2.05) is 0 Å². The second-order valence-corrected chi connectivity index (χ2v) is 5.47. The molecular formula is C22H32N2O4. The van der Waals surface area contributed by atoms with Gasteiger partial charge in [-0.3, -0.25) is 0 Å². The standard InChI is InChI=1S/C14H10O4.2C4H11N/c15-12-9-5-4-8-11(12)14(17)18-13(16)10-6-2-1-3-7-10;2*1-3-5-4-2/h1-9,15H;2*5H,3-4H2,1-2H3. The summed E-state index contributed by atoms with van der Waals surface area (Å²) in [5.74, 6) is -1.84. The monoisotopic (exact) mass is 388 g/mol. The second-order valence-electron chi connectivity index (χ2n) is 5.47. The summed E-state index contributed by atoms with van der Waals surface area (Å²) in [6, 6.07) is 14.1. The molecule has 2 rings (SSSR count). The summed E-state index contributed by atoms with van der Waals surface area (Å²) in [7, 11) is 0. The molecule has 2 aromatic rings. The summed E-state index contributed by atoms with van der Waals surface area (Å²) in [6.45, 7) is 12.8. The van der Waals surface area contributed by atoms with Crippen LogP contribution in [0.25, 0.3) is 0 Å². The van der Waals surface area contributed by atoms with E-state index in [4.69, 9.17) is 0 Å². The van der Waals surface area contributed by atoms with E-state index in [9.17, 15) is 14.7 Å². The first-order chi connectivity index (χ1) is 13.5. The molecule has 0 saturated carbocycles. The van der Waals surface area contributed by atoms with Gasteiger partial charge in [0.1, 0.15) is 11.3 Å². The van der Waals surface area contributed by atoms with Crippen LogP contribution in [-0.2, 0) is 4.74 Å². The number of phenols is 1. The maximum Gasteiger partial charge on any atom is 0.349 e. The third-order valence-electron chi connectivity index (χ3n) is 3.32. The number of para-hydroxylation sites is 1. The Morgan fingerprint density at radius 1 is 0.750 bits per heavy atom. The fourth-order valence-electron chi connectivity index (χ4n) is 1.92. The molecule has 0 aliphatic carbocycles. The van der Waals surface area contributed by atoms with E-state index in [1.54, 1.807) is 42.5 Å². The number of carbonyl (C=O) groups excluding carboxylic acids is 2. The molecule has 0 radical (unpaired) electrons. The minimum Gasteiger partial charge on any atom is -0.507 e. The number of aromatic hydroxyl groups is 1. The average molecular weight is 389 g/mol. The Bertz CT molecular complexity index is 665. The number of phenolic OH excluding ortho intramolecular Hbond substituents is 1. The van der Waals surface area contributed by atoms with Gasteiger partial charge in [-0.1, -0.05) is 58.0 Å². The van der Waals surface area contributed by atoms with Gasteiger partial charge >= 0.3 is 11.9 Å². The van der Waals surface area contributed by atoms with Gasteiger partial charge in [-0.25, -0.2) is 9.59 Å². The van der Waals surface area contributed by atoms with Crippen LogP contribution in [0.4, 0.5) is 0 Å². The smallest absolute Gasteiger partial charge is 0.349 e. The number of benzene rings is 2. The van der Waals surface area contributed by atoms with Gasteiger partial charge in [-0.15, -0.1) is 0 Å². The lowest BCUT2D eigenvalue weighted by Crippen LogP contribution is -2.12. The van der Waals surface area contributed by atoms with Crippen molar-refractivity contribution in [1.82, 2.24) is 10.6 Å². The van der Waals surface area contributed by atoms with Gasteiger partial charge in [-0.05, 0) is 50.4 Å². The fourth-order valence-corrected chi connectivity index (χ4v) is 1.92. The summed E-state index contributed by atoms with van der Waals surface area (Å²) in [4.78, 5) is 23.3. The highest BCUT2D eigenvalue weighted by atomic mass is 16.6. The predicted octanol–water partition coefficient (Wildman–Crippen LogP) is 3.62. The van der Waals surface area contributed by atoms with Crippen molar-refractivity contribution in [3.8, 4) is 5.75 Å². The zero-order valence-corrected chi connectivity index (χ0v) is 17.2. The lowest BCUT2D eigenvalue weighted by atomic mass is 10.2. The zero-order valence-electron chi connectivity index (χ0n) is 17.2. The molecule has 28 heavy (non-hydrogen) atoms. The van der Waals surface area contributed by atoms with Crippen molar-refractivity contribution in [3.63, 3.8) is 0 Å². The third kappa shape index (κ3) is 11.1. The van der Waals surface area contributed by atoms with Crippen LogP contribution in [-0.4, -0.2) is 43.2 Å². The summed E-state index contributed by atoms with van der Waals surface area (Å²) < 4.78 is 4.67. The van der Waals surface area contributed by atoms with Crippen LogP contribution in [0.2, 0.25) is 0 Å². The molecule has 0 aliphatic heterocycles. The minimum atomic E-state index is -0.873. The topological polar surface area (TPSA) is 87.7 Å². The number of rotatable bonds is 6. The normalized spacial score (nSPS) is 9.29. The lowest BCUT2D eigenvalue weighted by molar-refractivity contribution is 0.0396. The van der Waals surface area contributed by atoms with Crippen LogP contribution in [0.5, 0.6) is 5.75 Å². The molecule has 0 atom stereocenters. The summed E-state index contributed by atoms with van der Waals surface area (Å²) in [5.41, 5.74) is 0.239. The molecule has 6 nitrogen and oxygen atoms in total. The number of carbonyl (C=O) groups is 2. The van der Waals surface area contributed by atoms with Crippen LogP contribution < -0.4 is 10.6 Å². The quantitative estimate of drug-likeness (QED) is 0.517. The Balaban J connectivity index is 0.000000607. The van der Waals surface area contributed by atoms with Crippen molar-refractivity contribution in [1.29, 1.82) is 0 Å². The van der Waals surface area contributed by atoms with Crippen molar-refractivity contribution < 1.29 is 19.4 Å². The van der Waals surface area contributed by atoms with Gasteiger partial charge < -0.3 is 20.5 Å². The fraction of sp³-hybridized carbons (Fsp3) is 0.364. The highest BCUT2D eigenvalue weighted by Gasteiger charge is 2.17. The number of nitrogens with one attached hydrogen (secondary N) is 2. The van der Waals surface area contributed by atoms with Crippen LogP contribution in [0.15, 0.2) is 54.6 Å². The van der Waals surface area contributed by atoms with Crippen LogP contribution >= 0.6 is 0 Å². The molecule has 0 bridgehead atoms. The van der Waals surface area contributed by atoms with Gasteiger partial charge in [0.05, 0.1) is 5.56 Å². The molecule has 0 saturated heterocycles. The van der Waals surface area contributed by atoms with Crippen molar-refractivity contribution >= 4 is 11.9 Å². The van der Waals surface area contributed by atoms with Gasteiger partial charge in [0.25, 0.3) is 0 Å². The number of ether oxygens (including phenoxy) is 1. The molecule has 0 heterocycles. The van der Waals surface area contributed by atoms with Crippen molar-refractivity contribution in [2.75, 3.05) is 26.2 Å². The van der Waals surface area contributed by atoms with E-state index in [-0.39, 0.29) is 16.9 Å². The molecule has 0 fully saturated rings. The van der Waals surface area contributed by atoms with Crippen LogP contribution in [0.1, 0.15) is 48.4 Å². The van der Waals surface area contributed by atoms with E-state index in [2.05, 4.69) is 43.1 Å². The summed E-state index contributed by atoms with van der Waals surface area (Å²) >= 11 is 0. The van der Waals surface area contributed by atoms with E-state index in [0.717, 1.165) is 26.2 Å². The molecule has 6 heteroatoms. The number of hydrogen-bond donors (Lipinski definition) is 3. The first-order valence-corrected chi connectivity index (χ1v) is 9.52. The number of hydrogen-bond acceptors (Lipinski definition) is 6. The van der Waals surface area contributed by atoms with E-state index < -0.39 is 11.9 Å². The Morgan fingerprint density at radius 2 is 1.21 bits per heavy atom. The summed E-state index contributed by atoms with van der Waals surface area (Å²) in [6.07, 6.45) is 0. The Hall–Kier alpha value is -2.70. The molecule has 0 aliphatic rings. The third-order valence-corrected chi connectivity index (χ3v) is 3.32. The van der Waals surface area contributed by atoms with Crippen molar-refractivity contribution in [2.45, 2.75) is 27.7 Å². The average Bonchev–Trinajstić information content (AvgIpc) is 2.71. The Labute approximate surface area is 167 Å². The van der Waals surface area contributed by atoms with Crippen LogP contribution in [0, 0.1) is 0 Å².